The lowest BCUT2D eigenvalue weighted by molar-refractivity contribution is 0.111. The molecule has 2 N–H and O–H groups in total. The smallest absolute Gasteiger partial charge is 0.213 e. The van der Waals surface area contributed by atoms with Crippen LogP contribution in [0.5, 0.6) is 5.88 Å². The van der Waals surface area contributed by atoms with E-state index in [-0.39, 0.29) is 23.0 Å². The van der Waals surface area contributed by atoms with Gasteiger partial charge in [-0.05, 0) is 19.2 Å². The van der Waals surface area contributed by atoms with Crippen molar-refractivity contribution in [2.75, 3.05) is 11.7 Å². The SMILES string of the molecule is CSc1nc(-c2ccccc2)nc(Nn2c(C=O)cc(C)c2O)c1C#N. The van der Waals surface area contributed by atoms with E-state index >= 15 is 0 Å². The summed E-state index contributed by atoms with van der Waals surface area (Å²) in [5.41, 5.74) is 4.64. The molecule has 130 valence electrons. The highest BCUT2D eigenvalue weighted by atomic mass is 32.2. The number of hydrogen-bond donors (Lipinski definition) is 2. The lowest BCUT2D eigenvalue weighted by Crippen LogP contribution is -2.15. The van der Waals surface area contributed by atoms with Crippen LogP contribution in [-0.2, 0) is 0 Å². The molecule has 2 heterocycles. The summed E-state index contributed by atoms with van der Waals surface area (Å²) >= 11 is 1.32. The van der Waals surface area contributed by atoms with Gasteiger partial charge < -0.3 is 5.11 Å². The first kappa shape index (κ1) is 17.5. The molecule has 26 heavy (non-hydrogen) atoms. The number of rotatable bonds is 5. The van der Waals surface area contributed by atoms with Crippen LogP contribution in [0.1, 0.15) is 21.6 Å². The molecule has 2 aromatic heterocycles. The summed E-state index contributed by atoms with van der Waals surface area (Å²) in [5.74, 6) is 0.522. The van der Waals surface area contributed by atoms with Gasteiger partial charge in [0.05, 0.1) is 0 Å². The number of nitrogens with zero attached hydrogens (tertiary/aromatic N) is 4. The Morgan fingerprint density at radius 2 is 2.04 bits per heavy atom. The van der Waals surface area contributed by atoms with Gasteiger partial charge in [-0.1, -0.05) is 30.3 Å². The van der Waals surface area contributed by atoms with Crippen LogP contribution in [0, 0.1) is 18.3 Å². The molecule has 0 aliphatic heterocycles. The monoisotopic (exact) mass is 365 g/mol. The van der Waals surface area contributed by atoms with Crippen molar-refractivity contribution < 1.29 is 9.90 Å². The van der Waals surface area contributed by atoms with E-state index in [4.69, 9.17) is 0 Å². The van der Waals surface area contributed by atoms with Crippen LogP contribution in [0.2, 0.25) is 0 Å². The summed E-state index contributed by atoms with van der Waals surface area (Å²) in [6, 6.07) is 13.0. The van der Waals surface area contributed by atoms with Crippen molar-refractivity contribution in [1.82, 2.24) is 14.6 Å². The van der Waals surface area contributed by atoms with Crippen LogP contribution in [0.15, 0.2) is 41.4 Å². The highest BCUT2D eigenvalue weighted by molar-refractivity contribution is 7.98. The number of thioether (sulfide) groups is 1. The summed E-state index contributed by atoms with van der Waals surface area (Å²) in [7, 11) is 0. The first-order valence-corrected chi connectivity index (χ1v) is 8.86. The Balaban J connectivity index is 2.17. The second-order valence-electron chi connectivity index (χ2n) is 5.40. The van der Waals surface area contributed by atoms with E-state index in [0.29, 0.717) is 22.7 Å². The Hall–Kier alpha value is -3.31. The zero-order chi connectivity index (χ0) is 18.7. The summed E-state index contributed by atoms with van der Waals surface area (Å²) in [4.78, 5) is 20.2. The molecule has 7 nitrogen and oxygen atoms in total. The number of aromatic nitrogens is 3. The number of aromatic hydroxyl groups is 1. The number of aryl methyl sites for hydroxylation is 1. The molecule has 0 aliphatic carbocycles. The third kappa shape index (κ3) is 3.12. The molecule has 0 saturated carbocycles. The van der Waals surface area contributed by atoms with E-state index in [0.717, 1.165) is 5.56 Å². The van der Waals surface area contributed by atoms with Crippen LogP contribution >= 0.6 is 11.8 Å². The van der Waals surface area contributed by atoms with Crippen molar-refractivity contribution in [2.45, 2.75) is 11.9 Å². The zero-order valence-corrected chi connectivity index (χ0v) is 14.9. The van der Waals surface area contributed by atoms with Crippen molar-refractivity contribution >= 4 is 23.9 Å². The predicted molar refractivity (Wildman–Crippen MR) is 99.2 cm³/mol. The number of carbonyl (C=O) groups is 1. The maximum absolute atomic E-state index is 11.3. The standard InChI is InChI=1S/C18H15N5O2S/c1-11-8-13(10-24)23(18(11)25)22-16-14(9-19)17(26-2)21-15(20-16)12-6-4-3-5-7-12/h3-8,10,25H,1-2H3,(H,20,21,22). The van der Waals surface area contributed by atoms with Gasteiger partial charge in [-0.3, -0.25) is 10.2 Å². The lowest BCUT2D eigenvalue weighted by atomic mass is 10.2. The Morgan fingerprint density at radius 3 is 2.65 bits per heavy atom. The number of hydrogen-bond acceptors (Lipinski definition) is 7. The fourth-order valence-corrected chi connectivity index (χ4v) is 2.97. The molecule has 0 atom stereocenters. The molecule has 0 aliphatic rings. The van der Waals surface area contributed by atoms with E-state index in [2.05, 4.69) is 21.5 Å². The van der Waals surface area contributed by atoms with Gasteiger partial charge in [-0.2, -0.15) is 5.26 Å². The molecule has 1 aromatic carbocycles. The van der Waals surface area contributed by atoms with Gasteiger partial charge >= 0.3 is 0 Å². The maximum atomic E-state index is 11.3. The fourth-order valence-electron chi connectivity index (χ4n) is 2.45. The summed E-state index contributed by atoms with van der Waals surface area (Å²) in [6.45, 7) is 1.68. The number of carbonyl (C=O) groups excluding carboxylic acids is 1. The molecule has 0 amide bonds. The largest absolute Gasteiger partial charge is 0.493 e. The average Bonchev–Trinajstić information content (AvgIpc) is 2.95. The zero-order valence-electron chi connectivity index (χ0n) is 14.1. The van der Waals surface area contributed by atoms with E-state index in [1.54, 1.807) is 6.92 Å². The van der Waals surface area contributed by atoms with Gasteiger partial charge in [0.2, 0.25) is 5.88 Å². The van der Waals surface area contributed by atoms with Gasteiger partial charge in [0.25, 0.3) is 0 Å². The van der Waals surface area contributed by atoms with Crippen molar-refractivity contribution in [2.24, 2.45) is 0 Å². The molecule has 0 unspecified atom stereocenters. The topological polar surface area (TPSA) is 104 Å². The Morgan fingerprint density at radius 1 is 1.31 bits per heavy atom. The number of nitriles is 1. The van der Waals surface area contributed by atoms with Gasteiger partial charge in [0.1, 0.15) is 22.4 Å². The molecule has 3 aromatic rings. The van der Waals surface area contributed by atoms with Crippen LogP contribution in [0.4, 0.5) is 5.82 Å². The van der Waals surface area contributed by atoms with E-state index in [1.165, 1.54) is 22.5 Å². The fraction of sp³-hybridized carbons (Fsp3) is 0.111. The minimum Gasteiger partial charge on any atom is -0.493 e. The van der Waals surface area contributed by atoms with Gasteiger partial charge in [0.15, 0.2) is 17.9 Å². The minimum atomic E-state index is -0.124. The van der Waals surface area contributed by atoms with Crippen LogP contribution in [-0.4, -0.2) is 32.3 Å². The summed E-state index contributed by atoms with van der Waals surface area (Å²) in [6.07, 6.45) is 2.43. The number of aldehydes is 1. The van der Waals surface area contributed by atoms with Crippen molar-refractivity contribution in [3.8, 4) is 23.3 Å². The predicted octanol–water partition coefficient (Wildman–Crippen LogP) is 3.24. The molecule has 0 radical (unpaired) electrons. The molecule has 0 saturated heterocycles. The Bertz CT molecular complexity index is 1010. The van der Waals surface area contributed by atoms with Crippen molar-refractivity contribution in [3.05, 3.63) is 53.2 Å². The minimum absolute atomic E-state index is 0.124. The molecule has 0 bridgehead atoms. The van der Waals surface area contributed by atoms with E-state index in [9.17, 15) is 15.2 Å². The molecule has 0 fully saturated rings. The maximum Gasteiger partial charge on any atom is 0.213 e. The van der Waals surface area contributed by atoms with Gasteiger partial charge in [-0.25, -0.2) is 14.6 Å². The van der Waals surface area contributed by atoms with E-state index < -0.39 is 0 Å². The summed E-state index contributed by atoms with van der Waals surface area (Å²) < 4.78 is 1.20. The van der Waals surface area contributed by atoms with E-state index in [1.807, 2.05) is 36.6 Å². The average molecular weight is 365 g/mol. The normalized spacial score (nSPS) is 10.3. The van der Waals surface area contributed by atoms with Crippen LogP contribution < -0.4 is 5.43 Å². The molecule has 3 rings (SSSR count). The third-order valence-corrected chi connectivity index (χ3v) is 4.42. The van der Waals surface area contributed by atoms with Crippen molar-refractivity contribution in [1.29, 1.82) is 5.26 Å². The highest BCUT2D eigenvalue weighted by Crippen LogP contribution is 2.29. The number of benzene rings is 1. The number of nitrogens with one attached hydrogen (secondary N) is 1. The van der Waals surface area contributed by atoms with Crippen LogP contribution in [0.25, 0.3) is 11.4 Å². The Kier molecular flexibility index (Phi) is 4.91. The quantitative estimate of drug-likeness (QED) is 0.406. The summed E-state index contributed by atoms with van der Waals surface area (Å²) in [5, 5.41) is 20.2. The highest BCUT2D eigenvalue weighted by Gasteiger charge is 2.18. The van der Waals surface area contributed by atoms with Crippen molar-refractivity contribution in [3.63, 3.8) is 0 Å². The van der Waals surface area contributed by atoms with Crippen LogP contribution in [0.3, 0.4) is 0 Å². The number of anilines is 1. The molecule has 8 heteroatoms. The van der Waals surface area contributed by atoms with Gasteiger partial charge in [-0.15, -0.1) is 11.8 Å². The second kappa shape index (κ2) is 7.29. The van der Waals surface area contributed by atoms with Gasteiger partial charge in [0, 0.05) is 11.1 Å². The lowest BCUT2D eigenvalue weighted by Gasteiger charge is -2.14. The molecule has 0 spiro atoms. The Labute approximate surface area is 154 Å². The first-order chi connectivity index (χ1) is 12.6. The molecular formula is C18H15N5O2S. The molecular weight excluding hydrogens is 350 g/mol. The first-order valence-electron chi connectivity index (χ1n) is 7.64. The second-order valence-corrected chi connectivity index (χ2v) is 6.19. The third-order valence-electron chi connectivity index (χ3n) is 3.74.